The van der Waals surface area contributed by atoms with Crippen molar-refractivity contribution in [3.63, 3.8) is 0 Å². The lowest BCUT2D eigenvalue weighted by atomic mass is 10.2. The Kier molecular flexibility index (Phi) is 4.36. The number of rotatable bonds is 6. The number of aliphatic hydroxyl groups excluding tert-OH is 1. The van der Waals surface area contributed by atoms with E-state index in [1.165, 1.54) is 13.2 Å². The van der Waals surface area contributed by atoms with Crippen molar-refractivity contribution in [3.8, 4) is 0 Å². The van der Waals surface area contributed by atoms with Gasteiger partial charge in [0.2, 0.25) is 0 Å². The molecule has 1 atom stereocenters. The summed E-state index contributed by atoms with van der Waals surface area (Å²) in [6.45, 7) is 2.52. The molecule has 0 aliphatic carbocycles. The average Bonchev–Trinajstić information content (AvgIpc) is 2.76. The summed E-state index contributed by atoms with van der Waals surface area (Å²) in [7, 11) is 1.53. The number of fused-ring (bicyclic) bond motifs is 1. The first-order valence-electron chi connectivity index (χ1n) is 6.46. The van der Waals surface area contributed by atoms with Crippen molar-refractivity contribution in [2.24, 2.45) is 0 Å². The second-order valence-corrected chi connectivity index (χ2v) is 4.61. The third-order valence-electron chi connectivity index (χ3n) is 3.14. The minimum atomic E-state index is -0.977. The molecule has 0 bridgehead atoms. The Hall–Kier alpha value is -1.92. The molecule has 0 saturated carbocycles. The summed E-state index contributed by atoms with van der Waals surface area (Å²) >= 11 is 0. The fraction of sp³-hybridized carbons (Fsp3) is 0.429. The number of aryl methyl sites for hydroxylation is 1. The molecular weight excluding hydrogens is 260 g/mol. The second-order valence-electron chi connectivity index (χ2n) is 4.61. The van der Waals surface area contributed by atoms with Crippen LogP contribution in [0.25, 0.3) is 11.0 Å². The zero-order valence-corrected chi connectivity index (χ0v) is 11.5. The number of ether oxygens (including phenoxy) is 1. The molecule has 0 spiro atoms. The summed E-state index contributed by atoms with van der Waals surface area (Å²) < 4.78 is 6.77. The molecule has 0 radical (unpaired) electrons. The lowest BCUT2D eigenvalue weighted by Crippen LogP contribution is -2.22. The van der Waals surface area contributed by atoms with Gasteiger partial charge in [0.15, 0.2) is 0 Å². The van der Waals surface area contributed by atoms with Gasteiger partial charge in [0, 0.05) is 13.5 Å². The molecular formula is C14H18N2O4. The topological polar surface area (TPSA) is 84.6 Å². The smallest absolute Gasteiger partial charge is 0.335 e. The second kappa shape index (κ2) is 6.02. The van der Waals surface area contributed by atoms with Crippen molar-refractivity contribution in [1.29, 1.82) is 0 Å². The Balaban J connectivity index is 2.48. The molecule has 6 heteroatoms. The highest BCUT2D eigenvalue weighted by molar-refractivity contribution is 5.92. The highest BCUT2D eigenvalue weighted by Crippen LogP contribution is 2.19. The Morgan fingerprint density at radius 2 is 2.25 bits per heavy atom. The molecule has 1 aromatic heterocycles. The fourth-order valence-electron chi connectivity index (χ4n) is 2.24. The minimum absolute atomic E-state index is 0.211. The fourth-order valence-corrected chi connectivity index (χ4v) is 2.24. The SMILES string of the molecule is CCc1nc2ccc(C(=O)O)cc2n1CC(O)COC. The minimum Gasteiger partial charge on any atom is -0.478 e. The molecule has 108 valence electrons. The summed E-state index contributed by atoms with van der Waals surface area (Å²) in [5.41, 5.74) is 1.66. The van der Waals surface area contributed by atoms with E-state index in [-0.39, 0.29) is 12.2 Å². The highest BCUT2D eigenvalue weighted by Gasteiger charge is 2.15. The van der Waals surface area contributed by atoms with Crippen LogP contribution in [-0.2, 0) is 17.7 Å². The third kappa shape index (κ3) is 2.81. The summed E-state index contributed by atoms with van der Waals surface area (Å²) in [6, 6.07) is 4.81. The molecule has 0 aliphatic rings. The van der Waals surface area contributed by atoms with E-state index in [1.54, 1.807) is 12.1 Å². The highest BCUT2D eigenvalue weighted by atomic mass is 16.5. The van der Waals surface area contributed by atoms with Crippen LogP contribution in [0.5, 0.6) is 0 Å². The average molecular weight is 278 g/mol. The number of aromatic carboxylic acids is 1. The van der Waals surface area contributed by atoms with Crippen LogP contribution in [0.1, 0.15) is 23.1 Å². The van der Waals surface area contributed by atoms with Crippen molar-refractivity contribution in [2.75, 3.05) is 13.7 Å². The number of aliphatic hydroxyl groups is 1. The van der Waals surface area contributed by atoms with Crippen LogP contribution >= 0.6 is 0 Å². The van der Waals surface area contributed by atoms with Gasteiger partial charge in [-0.25, -0.2) is 9.78 Å². The number of carboxylic acid groups (broad SMARTS) is 1. The lowest BCUT2D eigenvalue weighted by molar-refractivity contribution is 0.0539. The third-order valence-corrected chi connectivity index (χ3v) is 3.14. The Morgan fingerprint density at radius 3 is 2.85 bits per heavy atom. The van der Waals surface area contributed by atoms with E-state index in [9.17, 15) is 9.90 Å². The molecule has 0 saturated heterocycles. The molecule has 0 amide bonds. The van der Waals surface area contributed by atoms with Gasteiger partial charge >= 0.3 is 5.97 Å². The first-order valence-corrected chi connectivity index (χ1v) is 6.46. The number of benzene rings is 1. The monoisotopic (exact) mass is 278 g/mol. The maximum atomic E-state index is 11.1. The van der Waals surface area contributed by atoms with Gasteiger partial charge in [-0.15, -0.1) is 0 Å². The maximum Gasteiger partial charge on any atom is 0.335 e. The first kappa shape index (κ1) is 14.5. The van der Waals surface area contributed by atoms with Gasteiger partial charge < -0.3 is 19.5 Å². The van der Waals surface area contributed by atoms with Gasteiger partial charge in [-0.05, 0) is 18.2 Å². The van der Waals surface area contributed by atoms with Gasteiger partial charge in [0.1, 0.15) is 5.82 Å². The van der Waals surface area contributed by atoms with E-state index >= 15 is 0 Å². The number of carbonyl (C=O) groups is 1. The van der Waals surface area contributed by atoms with E-state index in [0.717, 1.165) is 16.9 Å². The standard InChI is InChI=1S/C14H18N2O4/c1-3-13-15-11-5-4-9(14(18)19)6-12(11)16(13)7-10(17)8-20-2/h4-6,10,17H,3,7-8H2,1-2H3,(H,18,19). The van der Waals surface area contributed by atoms with E-state index in [0.29, 0.717) is 13.0 Å². The molecule has 2 rings (SSSR count). The van der Waals surface area contributed by atoms with Gasteiger partial charge in [-0.3, -0.25) is 0 Å². The van der Waals surface area contributed by atoms with Crippen molar-refractivity contribution in [2.45, 2.75) is 26.0 Å². The van der Waals surface area contributed by atoms with Crippen LogP contribution in [-0.4, -0.2) is 45.6 Å². The molecule has 0 aliphatic heterocycles. The van der Waals surface area contributed by atoms with E-state index in [1.807, 2.05) is 11.5 Å². The first-order chi connectivity index (χ1) is 9.56. The number of imidazole rings is 1. The van der Waals surface area contributed by atoms with Gasteiger partial charge in [0.05, 0.1) is 35.9 Å². The van der Waals surface area contributed by atoms with E-state index < -0.39 is 12.1 Å². The van der Waals surface area contributed by atoms with Crippen LogP contribution < -0.4 is 0 Å². The Labute approximate surface area is 116 Å². The van der Waals surface area contributed by atoms with Gasteiger partial charge in [-0.2, -0.15) is 0 Å². The van der Waals surface area contributed by atoms with Crippen molar-refractivity contribution >= 4 is 17.0 Å². The van der Waals surface area contributed by atoms with E-state index in [2.05, 4.69) is 4.98 Å². The number of methoxy groups -OCH3 is 1. The molecule has 1 aromatic carbocycles. The number of hydrogen-bond acceptors (Lipinski definition) is 4. The molecule has 1 heterocycles. The van der Waals surface area contributed by atoms with Crippen LogP contribution in [0.15, 0.2) is 18.2 Å². The quantitative estimate of drug-likeness (QED) is 0.832. The number of carboxylic acids is 1. The van der Waals surface area contributed by atoms with E-state index in [4.69, 9.17) is 9.84 Å². The van der Waals surface area contributed by atoms with Crippen LogP contribution in [0.2, 0.25) is 0 Å². The summed E-state index contributed by atoms with van der Waals surface area (Å²) in [6.07, 6.45) is 0.0488. The molecule has 2 aromatic rings. The maximum absolute atomic E-state index is 11.1. The molecule has 0 fully saturated rings. The Morgan fingerprint density at radius 1 is 1.50 bits per heavy atom. The van der Waals surface area contributed by atoms with Gasteiger partial charge in [-0.1, -0.05) is 6.92 Å². The summed E-state index contributed by atoms with van der Waals surface area (Å²) in [5, 5.41) is 19.0. The van der Waals surface area contributed by atoms with Gasteiger partial charge in [0.25, 0.3) is 0 Å². The number of aromatic nitrogens is 2. The predicted molar refractivity (Wildman–Crippen MR) is 74.0 cm³/mol. The molecule has 6 nitrogen and oxygen atoms in total. The molecule has 2 N–H and O–H groups in total. The molecule has 1 unspecified atom stereocenters. The largest absolute Gasteiger partial charge is 0.478 e. The Bertz CT molecular complexity index is 621. The number of hydrogen-bond donors (Lipinski definition) is 2. The van der Waals surface area contributed by atoms with Crippen LogP contribution in [0.4, 0.5) is 0 Å². The zero-order valence-electron chi connectivity index (χ0n) is 11.5. The summed E-state index contributed by atoms with van der Waals surface area (Å²) in [5.74, 6) is -0.159. The lowest BCUT2D eigenvalue weighted by Gasteiger charge is -2.13. The van der Waals surface area contributed by atoms with Crippen LogP contribution in [0, 0.1) is 0 Å². The normalized spacial score (nSPS) is 12.8. The zero-order chi connectivity index (χ0) is 14.7. The predicted octanol–water partition coefficient (Wildman–Crippen LogP) is 1.30. The van der Waals surface area contributed by atoms with Crippen LogP contribution in [0.3, 0.4) is 0 Å². The summed E-state index contributed by atoms with van der Waals surface area (Å²) in [4.78, 5) is 15.5. The van der Waals surface area contributed by atoms with Crippen molar-refractivity contribution in [1.82, 2.24) is 9.55 Å². The molecule has 20 heavy (non-hydrogen) atoms. The van der Waals surface area contributed by atoms with Crippen molar-refractivity contribution in [3.05, 3.63) is 29.6 Å². The van der Waals surface area contributed by atoms with Crippen molar-refractivity contribution < 1.29 is 19.7 Å². The number of nitrogens with zero attached hydrogens (tertiary/aromatic N) is 2.